The number of para-hydroxylation sites is 1. The van der Waals surface area contributed by atoms with Crippen molar-refractivity contribution in [2.75, 3.05) is 19.0 Å². The third kappa shape index (κ3) is 4.97. The number of imide groups is 1. The number of aromatic hydroxyl groups is 1. The molecule has 0 aliphatic carbocycles. The highest BCUT2D eigenvalue weighted by Gasteiger charge is 2.18. The van der Waals surface area contributed by atoms with Crippen LogP contribution in [-0.4, -0.2) is 36.7 Å². The zero-order valence-electron chi connectivity index (χ0n) is 15.2. The summed E-state index contributed by atoms with van der Waals surface area (Å²) in [5.41, 5.74) is 2.28. The Morgan fingerprint density at radius 3 is 2.48 bits per heavy atom. The van der Waals surface area contributed by atoms with Crippen LogP contribution in [0.2, 0.25) is 0 Å². The molecule has 0 fully saturated rings. The zero-order chi connectivity index (χ0) is 20.0. The Kier molecular flexibility index (Phi) is 6.37. The lowest BCUT2D eigenvalue weighted by Gasteiger charge is -2.11. The van der Waals surface area contributed by atoms with Crippen molar-refractivity contribution in [1.29, 1.82) is 0 Å². The number of ether oxygens (including phenoxy) is 2. The van der Waals surface area contributed by atoms with Crippen molar-refractivity contribution in [2.45, 2.75) is 13.8 Å². The van der Waals surface area contributed by atoms with Crippen molar-refractivity contribution in [3.8, 4) is 11.5 Å². The topological polar surface area (TPSA) is 114 Å². The molecule has 0 aliphatic heterocycles. The lowest BCUT2D eigenvalue weighted by molar-refractivity contribution is -0.123. The van der Waals surface area contributed by atoms with Gasteiger partial charge in [0.25, 0.3) is 5.91 Å². The van der Waals surface area contributed by atoms with E-state index in [9.17, 15) is 19.5 Å². The molecular weight excluding hydrogens is 352 g/mol. The molecule has 0 heterocycles. The van der Waals surface area contributed by atoms with Crippen LogP contribution < -0.4 is 15.4 Å². The maximum atomic E-state index is 12.0. The number of phenols is 1. The van der Waals surface area contributed by atoms with Crippen molar-refractivity contribution in [1.82, 2.24) is 5.32 Å². The number of hydrogen-bond acceptors (Lipinski definition) is 6. The Morgan fingerprint density at radius 1 is 1.07 bits per heavy atom. The molecule has 8 heteroatoms. The summed E-state index contributed by atoms with van der Waals surface area (Å²) in [4.78, 5) is 35.7. The summed E-state index contributed by atoms with van der Waals surface area (Å²) >= 11 is 0. The monoisotopic (exact) mass is 372 g/mol. The van der Waals surface area contributed by atoms with E-state index in [1.807, 2.05) is 19.9 Å². The summed E-state index contributed by atoms with van der Waals surface area (Å²) in [6.45, 7) is 3.06. The van der Waals surface area contributed by atoms with Crippen molar-refractivity contribution in [3.05, 3.63) is 53.1 Å². The Morgan fingerprint density at radius 2 is 1.78 bits per heavy atom. The normalized spacial score (nSPS) is 10.0. The van der Waals surface area contributed by atoms with Crippen molar-refractivity contribution in [2.24, 2.45) is 0 Å². The minimum atomic E-state index is -0.920. The predicted octanol–water partition coefficient (Wildman–Crippen LogP) is 2.52. The van der Waals surface area contributed by atoms with E-state index < -0.39 is 30.3 Å². The highest BCUT2D eigenvalue weighted by molar-refractivity contribution is 6.03. The van der Waals surface area contributed by atoms with E-state index in [1.54, 1.807) is 12.1 Å². The fraction of sp³-hybridized carbons (Fsp3) is 0.211. The Labute approximate surface area is 156 Å². The SMILES string of the molecule is COc1cccc(C(=O)OCC(=O)NC(=O)Nc2cccc(C)c2C)c1O. The van der Waals surface area contributed by atoms with E-state index in [2.05, 4.69) is 10.6 Å². The first-order valence-electron chi connectivity index (χ1n) is 8.03. The van der Waals surface area contributed by atoms with Crippen LogP contribution in [0.3, 0.4) is 0 Å². The summed E-state index contributed by atoms with van der Waals surface area (Å²) in [6.07, 6.45) is 0. The number of carbonyl (C=O) groups excluding carboxylic acids is 3. The Hall–Kier alpha value is -3.55. The van der Waals surface area contributed by atoms with Crippen molar-refractivity contribution >= 4 is 23.6 Å². The molecule has 0 bridgehead atoms. The number of urea groups is 1. The van der Waals surface area contributed by atoms with Crippen LogP contribution >= 0.6 is 0 Å². The minimum Gasteiger partial charge on any atom is -0.504 e. The fourth-order valence-corrected chi connectivity index (χ4v) is 2.26. The van der Waals surface area contributed by atoms with Crippen molar-refractivity contribution < 1.29 is 29.0 Å². The molecule has 8 nitrogen and oxygen atoms in total. The number of methoxy groups -OCH3 is 1. The van der Waals surface area contributed by atoms with Gasteiger partial charge in [0.15, 0.2) is 18.1 Å². The number of phenolic OH excluding ortho intramolecular Hbond substituents is 1. The first kappa shape index (κ1) is 19.8. The van der Waals surface area contributed by atoms with Gasteiger partial charge in [-0.15, -0.1) is 0 Å². The third-order valence-electron chi connectivity index (χ3n) is 3.88. The van der Waals surface area contributed by atoms with Crippen LogP contribution in [0, 0.1) is 13.8 Å². The standard InChI is InChI=1S/C19H20N2O6/c1-11-6-4-8-14(12(11)2)20-19(25)21-16(22)10-27-18(24)13-7-5-9-15(26-3)17(13)23/h4-9,23H,10H2,1-3H3,(H2,20,21,22,25). The van der Waals surface area contributed by atoms with Crippen LogP contribution in [0.5, 0.6) is 11.5 Å². The van der Waals surface area contributed by atoms with Gasteiger partial charge in [0.2, 0.25) is 0 Å². The molecule has 0 aliphatic rings. The van der Waals surface area contributed by atoms with Crippen molar-refractivity contribution in [3.63, 3.8) is 0 Å². The summed E-state index contributed by atoms with van der Waals surface area (Å²) in [6, 6.07) is 8.93. The molecular formula is C19H20N2O6. The van der Waals surface area contributed by atoms with Gasteiger partial charge in [-0.2, -0.15) is 0 Å². The number of rotatable bonds is 5. The quantitative estimate of drug-likeness (QED) is 0.695. The third-order valence-corrected chi connectivity index (χ3v) is 3.88. The first-order valence-corrected chi connectivity index (χ1v) is 8.03. The average Bonchev–Trinajstić information content (AvgIpc) is 2.63. The van der Waals surface area contributed by atoms with E-state index in [4.69, 9.17) is 9.47 Å². The molecule has 3 N–H and O–H groups in total. The number of benzene rings is 2. The largest absolute Gasteiger partial charge is 0.504 e. The number of aryl methyl sites for hydroxylation is 1. The van der Waals surface area contributed by atoms with Crippen LogP contribution in [-0.2, 0) is 9.53 Å². The Bertz CT molecular complexity index is 878. The second kappa shape index (κ2) is 8.70. The predicted molar refractivity (Wildman–Crippen MR) is 98.0 cm³/mol. The molecule has 142 valence electrons. The molecule has 2 rings (SSSR count). The van der Waals surface area contributed by atoms with E-state index in [0.29, 0.717) is 5.69 Å². The van der Waals surface area contributed by atoms with E-state index in [0.717, 1.165) is 11.1 Å². The summed E-state index contributed by atoms with van der Waals surface area (Å²) in [7, 11) is 1.34. The van der Waals surface area contributed by atoms with Crippen LogP contribution in [0.15, 0.2) is 36.4 Å². The van der Waals surface area contributed by atoms with Crippen LogP contribution in [0.25, 0.3) is 0 Å². The number of hydrogen-bond donors (Lipinski definition) is 3. The molecule has 0 spiro atoms. The molecule has 0 aromatic heterocycles. The maximum Gasteiger partial charge on any atom is 0.342 e. The van der Waals surface area contributed by atoms with Crippen LogP contribution in [0.1, 0.15) is 21.5 Å². The first-order chi connectivity index (χ1) is 12.8. The highest BCUT2D eigenvalue weighted by atomic mass is 16.5. The molecule has 3 amide bonds. The lowest BCUT2D eigenvalue weighted by Crippen LogP contribution is -2.37. The van der Waals surface area contributed by atoms with Gasteiger partial charge in [0.05, 0.1) is 7.11 Å². The van der Waals surface area contributed by atoms with Gasteiger partial charge >= 0.3 is 12.0 Å². The van der Waals surface area contributed by atoms with Gasteiger partial charge in [-0.3, -0.25) is 10.1 Å². The molecule has 0 saturated heterocycles. The Balaban J connectivity index is 1.89. The highest BCUT2D eigenvalue weighted by Crippen LogP contribution is 2.29. The van der Waals surface area contributed by atoms with Gasteiger partial charge in [-0.1, -0.05) is 18.2 Å². The van der Waals surface area contributed by atoms with Gasteiger partial charge in [0.1, 0.15) is 5.56 Å². The molecule has 27 heavy (non-hydrogen) atoms. The van der Waals surface area contributed by atoms with Gasteiger partial charge < -0.3 is 19.9 Å². The molecule has 2 aromatic rings. The van der Waals surface area contributed by atoms with E-state index >= 15 is 0 Å². The van der Waals surface area contributed by atoms with Gasteiger partial charge in [-0.05, 0) is 43.2 Å². The van der Waals surface area contributed by atoms with Gasteiger partial charge in [0, 0.05) is 5.69 Å². The zero-order valence-corrected chi connectivity index (χ0v) is 15.2. The second-order valence-corrected chi connectivity index (χ2v) is 5.68. The fourth-order valence-electron chi connectivity index (χ4n) is 2.26. The average molecular weight is 372 g/mol. The van der Waals surface area contributed by atoms with E-state index in [1.165, 1.54) is 25.3 Å². The number of amides is 3. The van der Waals surface area contributed by atoms with E-state index in [-0.39, 0.29) is 11.3 Å². The smallest absolute Gasteiger partial charge is 0.342 e. The minimum absolute atomic E-state index is 0.0989. The summed E-state index contributed by atoms with van der Waals surface area (Å²) < 4.78 is 9.72. The maximum absolute atomic E-state index is 12.0. The van der Waals surface area contributed by atoms with Crippen LogP contribution in [0.4, 0.5) is 10.5 Å². The molecule has 0 atom stereocenters. The molecule has 0 radical (unpaired) electrons. The lowest BCUT2D eigenvalue weighted by atomic mass is 10.1. The number of anilines is 1. The number of nitrogens with one attached hydrogen (secondary N) is 2. The summed E-state index contributed by atoms with van der Waals surface area (Å²) in [5, 5.41) is 14.5. The number of esters is 1. The molecule has 0 saturated carbocycles. The van der Waals surface area contributed by atoms with Gasteiger partial charge in [-0.25, -0.2) is 9.59 Å². The molecule has 0 unspecified atom stereocenters. The number of carbonyl (C=O) groups is 3. The molecule has 2 aromatic carbocycles. The summed E-state index contributed by atoms with van der Waals surface area (Å²) in [5.74, 6) is -2.02. The second-order valence-electron chi connectivity index (χ2n) is 5.68.